The Morgan fingerprint density at radius 2 is 0.535 bits per heavy atom. The Hall–Kier alpha value is -0.920. The molecule has 0 amide bonds. The van der Waals surface area contributed by atoms with E-state index in [9.17, 15) is 0 Å². The van der Waals surface area contributed by atoms with Crippen molar-refractivity contribution in [2.24, 2.45) is 0 Å². The Labute approximate surface area is 271 Å². The topological polar surface area (TPSA) is 25.8 Å². The van der Waals surface area contributed by atoms with E-state index in [1.54, 1.807) is 5.56 Å². The van der Waals surface area contributed by atoms with Crippen molar-refractivity contribution in [1.82, 2.24) is 9.97 Å². The zero-order valence-electron chi connectivity index (χ0n) is 30.2. The lowest BCUT2D eigenvalue weighted by Gasteiger charge is -2.15. The minimum atomic E-state index is 1.01. The predicted octanol–water partition coefficient (Wildman–Crippen LogP) is 14.2. The molecule has 0 saturated heterocycles. The van der Waals surface area contributed by atoms with E-state index in [1.807, 2.05) is 0 Å². The predicted molar refractivity (Wildman–Crippen MR) is 193 cm³/mol. The molecule has 0 bridgehead atoms. The monoisotopic (exact) mass is 599 g/mol. The molecule has 1 rings (SSSR count). The van der Waals surface area contributed by atoms with Gasteiger partial charge in [-0.2, -0.15) is 0 Å². The Balaban J connectivity index is 2.50. The number of nitrogens with zero attached hydrogens (tertiary/aromatic N) is 2. The summed E-state index contributed by atoms with van der Waals surface area (Å²) in [5, 5.41) is 0. The van der Waals surface area contributed by atoms with Crippen LogP contribution in [0.5, 0.6) is 0 Å². The fourth-order valence-corrected chi connectivity index (χ4v) is 6.77. The lowest BCUT2D eigenvalue weighted by Crippen LogP contribution is -2.09. The van der Waals surface area contributed by atoms with Crippen molar-refractivity contribution in [3.05, 3.63) is 22.8 Å². The molecule has 0 aliphatic rings. The molecule has 0 saturated carbocycles. The van der Waals surface area contributed by atoms with Gasteiger partial charge in [0.1, 0.15) is 5.82 Å². The third-order valence-electron chi connectivity index (χ3n) is 9.60. The van der Waals surface area contributed by atoms with E-state index in [0.29, 0.717) is 0 Å². The van der Waals surface area contributed by atoms with Gasteiger partial charge >= 0.3 is 0 Å². The van der Waals surface area contributed by atoms with E-state index in [2.05, 4.69) is 27.7 Å². The average Bonchev–Trinajstić information content (AvgIpc) is 3.00. The van der Waals surface area contributed by atoms with Gasteiger partial charge in [0.2, 0.25) is 0 Å². The van der Waals surface area contributed by atoms with Crippen LogP contribution >= 0.6 is 0 Å². The molecule has 1 aromatic heterocycles. The molecule has 0 aliphatic carbocycles. The van der Waals surface area contributed by atoms with Crippen molar-refractivity contribution >= 4 is 0 Å². The van der Waals surface area contributed by atoms with Crippen LogP contribution in [0.4, 0.5) is 0 Å². The van der Waals surface area contributed by atoms with Gasteiger partial charge in [0, 0.05) is 11.4 Å². The third kappa shape index (κ3) is 24.0. The van der Waals surface area contributed by atoms with E-state index in [1.165, 1.54) is 210 Å². The summed E-state index contributed by atoms with van der Waals surface area (Å²) in [5.74, 6) is 1.01. The maximum absolute atomic E-state index is 5.06. The highest BCUT2D eigenvalue weighted by molar-refractivity contribution is 5.27. The Bertz CT molecular complexity index is 667. The molecule has 2 nitrogen and oxygen atoms in total. The molecule has 0 N–H and O–H groups in total. The summed E-state index contributed by atoms with van der Waals surface area (Å²) in [6.45, 7) is 9.06. The summed E-state index contributed by atoms with van der Waals surface area (Å²) >= 11 is 0. The quantitative estimate of drug-likeness (QED) is 0.0752. The van der Waals surface area contributed by atoms with Crippen LogP contribution in [0.15, 0.2) is 0 Å². The van der Waals surface area contributed by atoms with Crippen LogP contribution in [0.2, 0.25) is 0 Å². The maximum atomic E-state index is 5.06. The summed E-state index contributed by atoms with van der Waals surface area (Å²) in [4.78, 5) is 10.1. The molecule has 0 unspecified atom stereocenters. The van der Waals surface area contributed by atoms with Gasteiger partial charge in [-0.3, -0.25) is 0 Å². The minimum absolute atomic E-state index is 1.01. The van der Waals surface area contributed by atoms with Gasteiger partial charge in [-0.1, -0.05) is 194 Å². The van der Waals surface area contributed by atoms with E-state index in [0.717, 1.165) is 18.7 Å². The first-order valence-corrected chi connectivity index (χ1v) is 20.1. The fourth-order valence-electron chi connectivity index (χ4n) is 6.77. The molecule has 1 heterocycles. The second-order valence-corrected chi connectivity index (χ2v) is 13.9. The number of unbranched alkanes of at least 4 members (excludes halogenated alkanes) is 27. The van der Waals surface area contributed by atoms with Crippen LogP contribution in [0.3, 0.4) is 0 Å². The molecular weight excluding hydrogens is 520 g/mol. The number of rotatable bonds is 33. The normalized spacial score (nSPS) is 11.5. The summed E-state index contributed by atoms with van der Waals surface area (Å²) < 4.78 is 0. The highest BCUT2D eigenvalue weighted by atomic mass is 14.9. The fraction of sp³-hybridized carbons (Fsp3) is 0.902. The molecule has 0 aromatic carbocycles. The van der Waals surface area contributed by atoms with E-state index >= 15 is 0 Å². The first kappa shape index (κ1) is 40.1. The lowest BCUT2D eigenvalue weighted by molar-refractivity contribution is 0.548. The molecular formula is C41H78N2. The van der Waals surface area contributed by atoms with Crippen molar-refractivity contribution in [2.75, 3.05) is 0 Å². The van der Waals surface area contributed by atoms with Crippen molar-refractivity contribution in [3.63, 3.8) is 0 Å². The first-order chi connectivity index (χ1) is 21.2. The van der Waals surface area contributed by atoms with Crippen LogP contribution < -0.4 is 0 Å². The SMILES string of the molecule is CCCCCCCCCCCCc1nc(C)nc(CCCCCCCCCCCC)c1CCCCCCCCCCCC. The average molecular weight is 599 g/mol. The molecule has 43 heavy (non-hydrogen) atoms. The van der Waals surface area contributed by atoms with Gasteiger partial charge < -0.3 is 0 Å². The minimum Gasteiger partial charge on any atom is -0.238 e. The van der Waals surface area contributed by atoms with Crippen LogP contribution in [0.25, 0.3) is 0 Å². The zero-order valence-corrected chi connectivity index (χ0v) is 30.2. The molecule has 0 spiro atoms. The van der Waals surface area contributed by atoms with Gasteiger partial charge in [-0.15, -0.1) is 0 Å². The van der Waals surface area contributed by atoms with Crippen LogP contribution in [0, 0.1) is 6.92 Å². The Morgan fingerprint density at radius 1 is 0.302 bits per heavy atom. The molecule has 0 radical (unpaired) electrons. The second kappa shape index (κ2) is 31.1. The van der Waals surface area contributed by atoms with Gasteiger partial charge in [-0.05, 0) is 51.0 Å². The van der Waals surface area contributed by atoms with E-state index in [4.69, 9.17) is 9.97 Å². The summed E-state index contributed by atoms with van der Waals surface area (Å²) in [7, 11) is 0. The smallest absolute Gasteiger partial charge is 0.125 e. The molecule has 0 aliphatic heterocycles. The highest BCUT2D eigenvalue weighted by Crippen LogP contribution is 2.22. The van der Waals surface area contributed by atoms with Gasteiger partial charge in [0.25, 0.3) is 0 Å². The van der Waals surface area contributed by atoms with Crippen LogP contribution in [-0.2, 0) is 19.3 Å². The number of hydrogen-bond acceptors (Lipinski definition) is 2. The van der Waals surface area contributed by atoms with Gasteiger partial charge in [0.15, 0.2) is 0 Å². The summed E-state index contributed by atoms with van der Waals surface area (Å²) in [5.41, 5.74) is 4.37. The lowest BCUT2D eigenvalue weighted by atomic mass is 9.96. The van der Waals surface area contributed by atoms with Crippen LogP contribution in [-0.4, -0.2) is 9.97 Å². The molecule has 0 fully saturated rings. The summed E-state index contributed by atoms with van der Waals surface area (Å²) in [6, 6.07) is 0. The largest absolute Gasteiger partial charge is 0.238 e. The first-order valence-electron chi connectivity index (χ1n) is 20.1. The standard InChI is InChI=1S/C41H78N2/c1-5-8-11-14-17-20-23-26-29-32-35-39-40(36-33-30-27-24-21-18-15-12-9-6-2)42-38(4)43-41(39)37-34-31-28-25-22-19-16-13-10-7-3/h5-37H2,1-4H3. The van der Waals surface area contributed by atoms with Crippen LogP contribution in [0.1, 0.15) is 236 Å². The van der Waals surface area contributed by atoms with Crippen molar-refractivity contribution in [2.45, 2.75) is 240 Å². The van der Waals surface area contributed by atoms with Gasteiger partial charge in [-0.25, -0.2) is 9.97 Å². The highest BCUT2D eigenvalue weighted by Gasteiger charge is 2.13. The van der Waals surface area contributed by atoms with E-state index in [-0.39, 0.29) is 0 Å². The number of aryl methyl sites for hydroxylation is 3. The zero-order chi connectivity index (χ0) is 31.1. The molecule has 252 valence electrons. The molecule has 1 aromatic rings. The van der Waals surface area contributed by atoms with Crippen molar-refractivity contribution in [1.29, 1.82) is 0 Å². The molecule has 0 atom stereocenters. The third-order valence-corrected chi connectivity index (χ3v) is 9.60. The number of hydrogen-bond donors (Lipinski definition) is 0. The summed E-state index contributed by atoms with van der Waals surface area (Å²) in [6.07, 6.45) is 45.6. The van der Waals surface area contributed by atoms with Gasteiger partial charge in [0.05, 0.1) is 0 Å². The maximum Gasteiger partial charge on any atom is 0.125 e. The van der Waals surface area contributed by atoms with Crippen molar-refractivity contribution in [3.8, 4) is 0 Å². The Kier molecular flexibility index (Phi) is 29.0. The van der Waals surface area contributed by atoms with Crippen molar-refractivity contribution < 1.29 is 0 Å². The number of aromatic nitrogens is 2. The Morgan fingerprint density at radius 3 is 0.814 bits per heavy atom. The molecule has 2 heteroatoms. The van der Waals surface area contributed by atoms with E-state index < -0.39 is 0 Å². The second-order valence-electron chi connectivity index (χ2n) is 13.9.